The largest absolute Gasteiger partial charge is 0.479 e. The molecule has 0 bridgehead atoms. The highest BCUT2D eigenvalue weighted by molar-refractivity contribution is 6.30. The highest BCUT2D eigenvalue weighted by Crippen LogP contribution is 2.37. The molecule has 3 aromatic rings. The summed E-state index contributed by atoms with van der Waals surface area (Å²) in [7, 11) is 0. The summed E-state index contributed by atoms with van der Waals surface area (Å²) in [5, 5.41) is 3.42. The number of benzene rings is 3. The number of ether oxygens (including phenoxy) is 1. The number of nitrogens with one attached hydrogen (secondary N) is 1. The number of anilines is 2. The summed E-state index contributed by atoms with van der Waals surface area (Å²) in [5.41, 5.74) is 2.69. The average Bonchev–Trinajstić information content (AvgIpc) is 2.73. The number of amides is 2. The number of nitrogens with zero attached hydrogens (tertiary/aromatic N) is 1. The van der Waals surface area contributed by atoms with Crippen LogP contribution in [0.1, 0.15) is 18.1 Å². The van der Waals surface area contributed by atoms with E-state index < -0.39 is 6.10 Å². The monoisotopic (exact) mass is 438 g/mol. The number of carbonyl (C=O) groups excluding carboxylic acids is 2. The van der Waals surface area contributed by atoms with Gasteiger partial charge in [0.1, 0.15) is 11.6 Å². The molecule has 1 unspecified atom stereocenters. The van der Waals surface area contributed by atoms with Crippen LogP contribution in [0, 0.1) is 5.82 Å². The zero-order valence-corrected chi connectivity index (χ0v) is 17.5. The van der Waals surface area contributed by atoms with Gasteiger partial charge in [-0.15, -0.1) is 0 Å². The van der Waals surface area contributed by atoms with Gasteiger partial charge in [-0.05, 0) is 60.5 Å². The van der Waals surface area contributed by atoms with Crippen molar-refractivity contribution in [3.63, 3.8) is 0 Å². The third-order valence-electron chi connectivity index (χ3n) is 4.96. The minimum absolute atomic E-state index is 0.107. The van der Waals surface area contributed by atoms with Crippen molar-refractivity contribution in [2.45, 2.75) is 26.0 Å². The Morgan fingerprint density at radius 3 is 2.61 bits per heavy atom. The van der Waals surface area contributed by atoms with Crippen LogP contribution in [0.3, 0.4) is 0 Å². The van der Waals surface area contributed by atoms with E-state index in [2.05, 4.69) is 5.32 Å². The van der Waals surface area contributed by atoms with E-state index in [1.54, 1.807) is 48.2 Å². The minimum Gasteiger partial charge on any atom is -0.479 e. The third-order valence-corrected chi connectivity index (χ3v) is 5.19. The Balaban J connectivity index is 1.56. The highest BCUT2D eigenvalue weighted by atomic mass is 35.5. The fraction of sp³-hybridized carbons (Fsp3) is 0.167. The molecule has 1 aliphatic rings. The normalized spacial score (nSPS) is 15.3. The van der Waals surface area contributed by atoms with Gasteiger partial charge in [0.2, 0.25) is 5.91 Å². The van der Waals surface area contributed by atoms with Crippen molar-refractivity contribution in [2.75, 3.05) is 10.2 Å². The molecule has 1 heterocycles. The van der Waals surface area contributed by atoms with Gasteiger partial charge < -0.3 is 15.0 Å². The van der Waals surface area contributed by atoms with Crippen molar-refractivity contribution in [1.82, 2.24) is 0 Å². The van der Waals surface area contributed by atoms with Crippen LogP contribution in [0.4, 0.5) is 15.8 Å². The van der Waals surface area contributed by atoms with E-state index in [4.69, 9.17) is 16.3 Å². The quantitative estimate of drug-likeness (QED) is 0.611. The summed E-state index contributed by atoms with van der Waals surface area (Å²) < 4.78 is 18.8. The standard InChI is InChI=1S/C24H20ClFN2O3/c1-15-24(30)28(14-17-3-2-4-18(25)11-17)21-13-20(9-10-22(21)31-15)27-23(29)12-16-5-7-19(26)8-6-16/h2-11,13,15H,12,14H2,1H3,(H,27,29). The van der Waals surface area contributed by atoms with E-state index in [1.165, 1.54) is 12.1 Å². The van der Waals surface area contributed by atoms with Crippen molar-refractivity contribution >= 4 is 34.8 Å². The molecule has 1 aliphatic heterocycles. The lowest BCUT2D eigenvalue weighted by molar-refractivity contribution is -0.125. The van der Waals surface area contributed by atoms with E-state index in [9.17, 15) is 14.0 Å². The molecule has 0 fully saturated rings. The summed E-state index contributed by atoms with van der Waals surface area (Å²) in [6.07, 6.45) is -0.513. The van der Waals surface area contributed by atoms with E-state index >= 15 is 0 Å². The van der Waals surface area contributed by atoms with Gasteiger partial charge in [0.25, 0.3) is 5.91 Å². The number of hydrogen-bond acceptors (Lipinski definition) is 3. The summed E-state index contributed by atoms with van der Waals surface area (Å²) in [4.78, 5) is 26.9. The number of rotatable bonds is 5. The van der Waals surface area contributed by atoms with Crippen LogP contribution in [0.2, 0.25) is 5.02 Å². The van der Waals surface area contributed by atoms with Crippen molar-refractivity contribution in [3.05, 3.63) is 88.7 Å². The lowest BCUT2D eigenvalue weighted by atomic mass is 10.1. The van der Waals surface area contributed by atoms with Crippen LogP contribution in [0.25, 0.3) is 0 Å². The first-order valence-electron chi connectivity index (χ1n) is 9.80. The molecular formula is C24H20ClFN2O3. The minimum atomic E-state index is -0.620. The molecule has 0 aliphatic carbocycles. The van der Waals surface area contributed by atoms with Crippen LogP contribution in [0.15, 0.2) is 66.7 Å². The molecule has 1 N–H and O–H groups in total. The van der Waals surface area contributed by atoms with Gasteiger partial charge in [-0.25, -0.2) is 4.39 Å². The highest BCUT2D eigenvalue weighted by Gasteiger charge is 2.32. The molecule has 0 saturated carbocycles. The Labute approximate surface area is 184 Å². The van der Waals surface area contributed by atoms with Crippen LogP contribution in [-0.4, -0.2) is 17.9 Å². The average molecular weight is 439 g/mol. The number of carbonyl (C=O) groups is 2. The smallest absolute Gasteiger partial charge is 0.268 e. The van der Waals surface area contributed by atoms with Gasteiger partial charge in [0.15, 0.2) is 6.10 Å². The molecule has 1 atom stereocenters. The number of halogens is 2. The summed E-state index contributed by atoms with van der Waals surface area (Å²) in [5.74, 6) is -0.213. The van der Waals surface area contributed by atoms with Crippen LogP contribution < -0.4 is 15.0 Å². The van der Waals surface area contributed by atoms with Gasteiger partial charge in [-0.2, -0.15) is 0 Å². The predicted octanol–water partition coefficient (Wildman–Crippen LogP) is 4.97. The van der Waals surface area contributed by atoms with Crippen molar-refractivity contribution in [1.29, 1.82) is 0 Å². The zero-order valence-electron chi connectivity index (χ0n) is 16.8. The second-order valence-corrected chi connectivity index (χ2v) is 7.78. The molecule has 7 heteroatoms. The van der Waals surface area contributed by atoms with Crippen molar-refractivity contribution < 1.29 is 18.7 Å². The first kappa shape index (κ1) is 20.9. The van der Waals surface area contributed by atoms with Crippen LogP contribution >= 0.6 is 11.6 Å². The lowest BCUT2D eigenvalue weighted by Gasteiger charge is -2.33. The maximum absolute atomic E-state index is 13.1. The zero-order chi connectivity index (χ0) is 22.0. The second kappa shape index (κ2) is 8.78. The first-order chi connectivity index (χ1) is 14.9. The fourth-order valence-corrected chi connectivity index (χ4v) is 3.67. The molecule has 0 radical (unpaired) electrons. The fourth-order valence-electron chi connectivity index (χ4n) is 3.46. The topological polar surface area (TPSA) is 58.6 Å². The molecule has 2 amide bonds. The maximum Gasteiger partial charge on any atom is 0.268 e. The molecule has 31 heavy (non-hydrogen) atoms. The van der Waals surface area contributed by atoms with Gasteiger partial charge in [-0.1, -0.05) is 35.9 Å². The number of hydrogen-bond donors (Lipinski definition) is 1. The van der Waals surface area contributed by atoms with Crippen LogP contribution in [-0.2, 0) is 22.6 Å². The molecule has 3 aromatic carbocycles. The van der Waals surface area contributed by atoms with E-state index in [-0.39, 0.29) is 24.1 Å². The van der Waals surface area contributed by atoms with Crippen molar-refractivity contribution in [2.24, 2.45) is 0 Å². The summed E-state index contributed by atoms with van der Waals surface area (Å²) in [6, 6.07) is 18.3. The molecule has 0 saturated heterocycles. The Hall–Kier alpha value is -3.38. The van der Waals surface area contributed by atoms with Crippen LogP contribution in [0.5, 0.6) is 5.75 Å². The molecule has 0 aromatic heterocycles. The molecule has 0 spiro atoms. The predicted molar refractivity (Wildman–Crippen MR) is 118 cm³/mol. The number of fused-ring (bicyclic) bond motifs is 1. The Bertz CT molecular complexity index is 1130. The Morgan fingerprint density at radius 2 is 1.87 bits per heavy atom. The van der Waals surface area contributed by atoms with E-state index in [1.807, 2.05) is 18.2 Å². The second-order valence-electron chi connectivity index (χ2n) is 7.35. The van der Waals surface area contributed by atoms with E-state index in [0.717, 1.165) is 5.56 Å². The lowest BCUT2D eigenvalue weighted by Crippen LogP contribution is -2.44. The molecule has 4 rings (SSSR count). The van der Waals surface area contributed by atoms with E-state index in [0.29, 0.717) is 34.3 Å². The maximum atomic E-state index is 13.1. The Morgan fingerprint density at radius 1 is 1.10 bits per heavy atom. The summed E-state index contributed by atoms with van der Waals surface area (Å²) >= 11 is 6.09. The van der Waals surface area contributed by atoms with Gasteiger partial charge >= 0.3 is 0 Å². The SMILES string of the molecule is CC1Oc2ccc(NC(=O)Cc3ccc(F)cc3)cc2N(Cc2cccc(Cl)c2)C1=O. The van der Waals surface area contributed by atoms with Crippen molar-refractivity contribution in [3.8, 4) is 5.75 Å². The molecule has 158 valence electrons. The van der Waals surface area contributed by atoms with Gasteiger partial charge in [0, 0.05) is 10.7 Å². The van der Waals surface area contributed by atoms with Gasteiger partial charge in [0.05, 0.1) is 18.7 Å². The molecule has 5 nitrogen and oxygen atoms in total. The third kappa shape index (κ3) is 4.86. The Kier molecular flexibility index (Phi) is 5.91. The first-order valence-corrected chi connectivity index (χ1v) is 10.2. The van der Waals surface area contributed by atoms with Gasteiger partial charge in [-0.3, -0.25) is 9.59 Å². The summed E-state index contributed by atoms with van der Waals surface area (Å²) in [6.45, 7) is 2.03. The molecular weight excluding hydrogens is 419 g/mol.